The summed E-state index contributed by atoms with van der Waals surface area (Å²) in [5.41, 5.74) is 3.35. The second-order valence-corrected chi connectivity index (χ2v) is 6.74. The first-order valence-corrected chi connectivity index (χ1v) is 9.09. The summed E-state index contributed by atoms with van der Waals surface area (Å²) < 4.78 is 0. The molecule has 0 aliphatic carbocycles. The van der Waals surface area contributed by atoms with E-state index in [1.165, 1.54) is 0 Å². The van der Waals surface area contributed by atoms with Crippen molar-refractivity contribution >= 4 is 17.5 Å². The zero-order chi connectivity index (χ0) is 19.2. The molecule has 0 fully saturated rings. The van der Waals surface area contributed by atoms with E-state index in [9.17, 15) is 4.79 Å². The highest BCUT2D eigenvalue weighted by Crippen LogP contribution is 2.24. The fourth-order valence-electron chi connectivity index (χ4n) is 2.87. The Labute approximate surface area is 159 Å². The van der Waals surface area contributed by atoms with Gasteiger partial charge in [-0.05, 0) is 36.1 Å². The third kappa shape index (κ3) is 4.70. The first kappa shape index (κ1) is 18.6. The van der Waals surface area contributed by atoms with E-state index in [4.69, 9.17) is 0 Å². The fraction of sp³-hybridized carbons (Fsp3) is 0.227. The zero-order valence-corrected chi connectivity index (χ0v) is 15.8. The van der Waals surface area contributed by atoms with E-state index in [1.807, 2.05) is 61.5 Å². The normalized spacial score (nSPS) is 11.9. The number of carbonyl (C=O) groups excluding carboxylic acids is 1. The van der Waals surface area contributed by atoms with Gasteiger partial charge >= 0.3 is 0 Å². The molecular formula is C22H24N4O. The standard InChI is InChI=1S/C22H24N4O/c1-15(2)18-11-7-8-12-19(18)25-21(27)20-13-14-23-22(26-20)24-16(3)17-9-5-4-6-10-17/h4-16H,1-3H3,(H,25,27)(H,23,24,26). The summed E-state index contributed by atoms with van der Waals surface area (Å²) in [6.07, 6.45) is 1.59. The number of anilines is 2. The smallest absolute Gasteiger partial charge is 0.274 e. The Morgan fingerprint density at radius 3 is 2.37 bits per heavy atom. The third-order valence-corrected chi connectivity index (χ3v) is 4.36. The van der Waals surface area contributed by atoms with Crippen molar-refractivity contribution in [2.24, 2.45) is 0 Å². The number of amides is 1. The lowest BCUT2D eigenvalue weighted by Crippen LogP contribution is -2.17. The molecule has 1 atom stereocenters. The van der Waals surface area contributed by atoms with Crippen molar-refractivity contribution in [1.82, 2.24) is 9.97 Å². The van der Waals surface area contributed by atoms with Crippen LogP contribution in [0.1, 0.15) is 54.3 Å². The molecule has 1 heterocycles. The van der Waals surface area contributed by atoms with Crippen LogP contribution in [0.4, 0.5) is 11.6 Å². The quantitative estimate of drug-likeness (QED) is 0.647. The van der Waals surface area contributed by atoms with Gasteiger partial charge in [0, 0.05) is 11.9 Å². The van der Waals surface area contributed by atoms with Crippen molar-refractivity contribution in [1.29, 1.82) is 0 Å². The first-order chi connectivity index (χ1) is 13.0. The minimum atomic E-state index is -0.249. The molecule has 5 nitrogen and oxygen atoms in total. The number of nitrogens with zero attached hydrogens (tertiary/aromatic N) is 2. The van der Waals surface area contributed by atoms with E-state index in [2.05, 4.69) is 34.4 Å². The summed E-state index contributed by atoms with van der Waals surface area (Å²) in [6, 6.07) is 19.5. The Hall–Kier alpha value is -3.21. The summed E-state index contributed by atoms with van der Waals surface area (Å²) in [6.45, 7) is 6.23. The van der Waals surface area contributed by atoms with Crippen LogP contribution < -0.4 is 10.6 Å². The average Bonchev–Trinajstić information content (AvgIpc) is 2.69. The summed E-state index contributed by atoms with van der Waals surface area (Å²) in [7, 11) is 0. The lowest BCUT2D eigenvalue weighted by molar-refractivity contribution is 0.102. The van der Waals surface area contributed by atoms with Gasteiger partial charge in [0.15, 0.2) is 0 Å². The number of hydrogen-bond donors (Lipinski definition) is 2. The molecule has 5 heteroatoms. The van der Waals surface area contributed by atoms with Gasteiger partial charge in [-0.15, -0.1) is 0 Å². The van der Waals surface area contributed by atoms with Crippen molar-refractivity contribution in [3.05, 3.63) is 83.7 Å². The number of aromatic nitrogens is 2. The highest BCUT2D eigenvalue weighted by atomic mass is 16.1. The van der Waals surface area contributed by atoms with Crippen molar-refractivity contribution in [2.75, 3.05) is 10.6 Å². The van der Waals surface area contributed by atoms with Crippen LogP contribution in [0.25, 0.3) is 0 Å². The van der Waals surface area contributed by atoms with Gasteiger partial charge in [0.2, 0.25) is 5.95 Å². The van der Waals surface area contributed by atoms with Crippen molar-refractivity contribution < 1.29 is 4.79 Å². The largest absolute Gasteiger partial charge is 0.348 e. The molecule has 0 aliphatic rings. The maximum absolute atomic E-state index is 12.7. The topological polar surface area (TPSA) is 66.9 Å². The molecule has 1 unspecified atom stereocenters. The van der Waals surface area contributed by atoms with E-state index in [-0.39, 0.29) is 11.9 Å². The van der Waals surface area contributed by atoms with Crippen molar-refractivity contribution in [3.63, 3.8) is 0 Å². The highest BCUT2D eigenvalue weighted by Gasteiger charge is 2.14. The third-order valence-electron chi connectivity index (χ3n) is 4.36. The van der Waals surface area contributed by atoms with E-state index in [0.29, 0.717) is 17.6 Å². The van der Waals surface area contributed by atoms with Crippen molar-refractivity contribution in [2.45, 2.75) is 32.7 Å². The SMILES string of the molecule is CC(C)c1ccccc1NC(=O)c1ccnc(NC(C)c2ccccc2)n1. The van der Waals surface area contributed by atoms with E-state index in [0.717, 1.165) is 16.8 Å². The van der Waals surface area contributed by atoms with Gasteiger partial charge in [-0.2, -0.15) is 0 Å². The molecule has 0 saturated carbocycles. The van der Waals surface area contributed by atoms with Gasteiger partial charge in [-0.25, -0.2) is 9.97 Å². The molecule has 2 N–H and O–H groups in total. The van der Waals surface area contributed by atoms with Crippen LogP contribution in [0.5, 0.6) is 0 Å². The second kappa shape index (κ2) is 8.45. The minimum absolute atomic E-state index is 0.0335. The summed E-state index contributed by atoms with van der Waals surface area (Å²) in [5.74, 6) is 0.493. The predicted molar refractivity (Wildman–Crippen MR) is 109 cm³/mol. The fourth-order valence-corrected chi connectivity index (χ4v) is 2.87. The molecule has 138 valence electrons. The van der Waals surface area contributed by atoms with Gasteiger partial charge in [-0.1, -0.05) is 62.4 Å². The maximum Gasteiger partial charge on any atom is 0.274 e. The maximum atomic E-state index is 12.7. The number of rotatable bonds is 6. The Bertz CT molecular complexity index is 909. The van der Waals surface area contributed by atoms with E-state index >= 15 is 0 Å². The number of carbonyl (C=O) groups is 1. The monoisotopic (exact) mass is 360 g/mol. The van der Waals surface area contributed by atoms with Gasteiger partial charge in [0.25, 0.3) is 5.91 Å². The van der Waals surface area contributed by atoms with Crippen LogP contribution in [0.3, 0.4) is 0 Å². The number of nitrogens with one attached hydrogen (secondary N) is 2. The van der Waals surface area contributed by atoms with Gasteiger partial charge in [-0.3, -0.25) is 4.79 Å². The number of para-hydroxylation sites is 1. The number of hydrogen-bond acceptors (Lipinski definition) is 4. The van der Waals surface area contributed by atoms with E-state index in [1.54, 1.807) is 12.3 Å². The molecule has 3 rings (SSSR count). The van der Waals surface area contributed by atoms with Gasteiger partial charge < -0.3 is 10.6 Å². The molecule has 0 spiro atoms. The van der Waals surface area contributed by atoms with Gasteiger partial charge in [0.05, 0.1) is 6.04 Å². The van der Waals surface area contributed by atoms with Crippen LogP contribution >= 0.6 is 0 Å². The van der Waals surface area contributed by atoms with Gasteiger partial charge in [0.1, 0.15) is 5.69 Å². The van der Waals surface area contributed by atoms with Crippen LogP contribution in [-0.4, -0.2) is 15.9 Å². The molecular weight excluding hydrogens is 336 g/mol. The molecule has 2 aromatic carbocycles. The molecule has 27 heavy (non-hydrogen) atoms. The number of benzene rings is 2. The summed E-state index contributed by atoms with van der Waals surface area (Å²) in [4.78, 5) is 21.3. The lowest BCUT2D eigenvalue weighted by Gasteiger charge is -2.15. The zero-order valence-electron chi connectivity index (χ0n) is 15.8. The van der Waals surface area contributed by atoms with Crippen LogP contribution in [0, 0.1) is 0 Å². The Kier molecular flexibility index (Phi) is 5.81. The Morgan fingerprint density at radius 1 is 0.926 bits per heavy atom. The Balaban J connectivity index is 1.74. The van der Waals surface area contributed by atoms with Crippen LogP contribution in [0.15, 0.2) is 66.9 Å². The highest BCUT2D eigenvalue weighted by molar-refractivity contribution is 6.03. The molecule has 1 amide bonds. The average molecular weight is 360 g/mol. The molecule has 0 radical (unpaired) electrons. The molecule has 0 aliphatic heterocycles. The summed E-state index contributed by atoms with van der Waals surface area (Å²) >= 11 is 0. The lowest BCUT2D eigenvalue weighted by atomic mass is 10.0. The second-order valence-electron chi connectivity index (χ2n) is 6.74. The van der Waals surface area contributed by atoms with Crippen molar-refractivity contribution in [3.8, 4) is 0 Å². The van der Waals surface area contributed by atoms with Crippen LogP contribution in [-0.2, 0) is 0 Å². The minimum Gasteiger partial charge on any atom is -0.348 e. The van der Waals surface area contributed by atoms with Crippen LogP contribution in [0.2, 0.25) is 0 Å². The van der Waals surface area contributed by atoms with E-state index < -0.39 is 0 Å². The molecule has 1 aromatic heterocycles. The predicted octanol–water partition coefficient (Wildman–Crippen LogP) is 5.03. The first-order valence-electron chi connectivity index (χ1n) is 9.09. The molecule has 0 saturated heterocycles. The Morgan fingerprint density at radius 2 is 1.63 bits per heavy atom. The molecule has 0 bridgehead atoms. The summed E-state index contributed by atoms with van der Waals surface area (Å²) in [5, 5.41) is 6.21. The molecule has 3 aromatic rings.